The van der Waals surface area contributed by atoms with Crippen LogP contribution in [0.3, 0.4) is 0 Å². The van der Waals surface area contributed by atoms with Crippen LogP contribution in [0.25, 0.3) is 0 Å². The molecule has 0 spiro atoms. The highest BCUT2D eigenvalue weighted by Crippen LogP contribution is 2.48. The predicted molar refractivity (Wildman–Crippen MR) is 167 cm³/mol. The van der Waals surface area contributed by atoms with Crippen molar-refractivity contribution in [2.24, 2.45) is 0 Å². The monoisotopic (exact) mass is 591 g/mol. The second kappa shape index (κ2) is 12.6. The quantitative estimate of drug-likeness (QED) is 0.167. The Morgan fingerprint density at radius 1 is 0.705 bits per heavy atom. The molecule has 2 saturated heterocycles. The van der Waals surface area contributed by atoms with Gasteiger partial charge >= 0.3 is 5.97 Å². The van der Waals surface area contributed by atoms with Crippen molar-refractivity contribution >= 4 is 11.8 Å². The second-order valence-electron chi connectivity index (χ2n) is 11.4. The van der Waals surface area contributed by atoms with Gasteiger partial charge in [0.05, 0.1) is 20.3 Å². The summed E-state index contributed by atoms with van der Waals surface area (Å²) < 4.78 is 24.6. The smallest absolute Gasteiger partial charge is 0.303 e. The highest BCUT2D eigenvalue weighted by Gasteiger charge is 2.58. The van der Waals surface area contributed by atoms with Crippen LogP contribution in [-0.4, -0.2) is 55.2 Å². The Bertz CT molecular complexity index is 1520. The lowest BCUT2D eigenvalue weighted by Crippen LogP contribution is -2.47. The van der Waals surface area contributed by atoms with Crippen molar-refractivity contribution in [1.29, 1.82) is 0 Å². The van der Waals surface area contributed by atoms with E-state index < -0.39 is 23.8 Å². The van der Waals surface area contributed by atoms with E-state index in [1.165, 1.54) is 6.92 Å². The number of hydrogen-bond acceptors (Lipinski definition) is 7. The van der Waals surface area contributed by atoms with Crippen molar-refractivity contribution in [3.63, 3.8) is 0 Å². The molecule has 0 aliphatic carbocycles. The number of esters is 1. The molecular formula is C37H37NO6. The van der Waals surface area contributed by atoms with E-state index in [9.17, 15) is 9.59 Å². The Morgan fingerprint density at radius 3 is 1.68 bits per heavy atom. The average Bonchev–Trinajstić information content (AvgIpc) is 3.21. The van der Waals surface area contributed by atoms with Crippen LogP contribution in [0.15, 0.2) is 109 Å². The maximum atomic E-state index is 13.2. The first kappa shape index (κ1) is 29.6. The number of carbonyl (C=O) groups is 2. The van der Waals surface area contributed by atoms with E-state index in [-0.39, 0.29) is 17.9 Å². The van der Waals surface area contributed by atoms with Gasteiger partial charge in [0.1, 0.15) is 35.1 Å². The first-order chi connectivity index (χ1) is 21.4. The number of ether oxygens (including phenoxy) is 4. The van der Waals surface area contributed by atoms with Gasteiger partial charge in [-0.2, -0.15) is 0 Å². The zero-order valence-corrected chi connectivity index (χ0v) is 25.2. The Labute approximate surface area is 258 Å². The molecule has 0 unspecified atom stereocenters. The number of ketones is 1. The van der Waals surface area contributed by atoms with Crippen LogP contribution in [0.1, 0.15) is 42.0 Å². The minimum Gasteiger partial charge on any atom is -0.497 e. The fourth-order valence-electron chi connectivity index (χ4n) is 6.82. The number of piperidine rings is 1. The van der Waals surface area contributed by atoms with Crippen molar-refractivity contribution in [3.8, 4) is 11.5 Å². The average molecular weight is 592 g/mol. The number of rotatable bonds is 10. The Hall–Kier alpha value is -4.46. The van der Waals surface area contributed by atoms with Crippen LogP contribution < -0.4 is 9.47 Å². The maximum Gasteiger partial charge on any atom is 0.303 e. The van der Waals surface area contributed by atoms with E-state index in [2.05, 4.69) is 17.0 Å². The number of Topliss-reactive ketones (excluding diaryl/α,β-unsaturated/α-hetero) is 1. The fraction of sp³-hybridized carbons (Fsp3) is 0.297. The molecule has 0 aromatic heterocycles. The van der Waals surface area contributed by atoms with Gasteiger partial charge in [-0.15, -0.1) is 0 Å². The molecule has 226 valence electrons. The Morgan fingerprint density at radius 2 is 1.18 bits per heavy atom. The molecule has 7 heteroatoms. The molecule has 2 aliphatic heterocycles. The molecule has 0 radical (unpaired) electrons. The molecule has 0 amide bonds. The van der Waals surface area contributed by atoms with Gasteiger partial charge in [0.25, 0.3) is 0 Å². The van der Waals surface area contributed by atoms with E-state index in [1.54, 1.807) is 14.2 Å². The van der Waals surface area contributed by atoms with Gasteiger partial charge < -0.3 is 18.9 Å². The first-order valence-electron chi connectivity index (χ1n) is 14.9. The van der Waals surface area contributed by atoms with Gasteiger partial charge in [0, 0.05) is 32.4 Å². The standard InChI is InChI=1S/C37H37NO6/c1-25(39)43-35-33-22-30(40)23-34(38(33)24-26-10-6-4-7-11-26)36(35)44-37(27-12-8-5-9-13-27,28-14-18-31(41-2)19-15-28)29-16-20-32(42-3)21-17-29/h4-21,33-36H,22-24H2,1-3H3/t33-,34+,35-,36+/m0/s1. The van der Waals surface area contributed by atoms with Gasteiger partial charge in [-0.3, -0.25) is 14.5 Å². The molecule has 0 saturated carbocycles. The number of hydrogen-bond donors (Lipinski definition) is 0. The van der Waals surface area contributed by atoms with Crippen molar-refractivity contribution < 1.29 is 28.5 Å². The highest BCUT2D eigenvalue weighted by atomic mass is 16.6. The fourth-order valence-corrected chi connectivity index (χ4v) is 6.82. The van der Waals surface area contributed by atoms with Crippen molar-refractivity contribution in [2.75, 3.05) is 14.2 Å². The van der Waals surface area contributed by atoms with Gasteiger partial charge in [-0.1, -0.05) is 84.9 Å². The lowest BCUT2D eigenvalue weighted by Gasteiger charge is -2.41. The van der Waals surface area contributed by atoms with E-state index in [0.29, 0.717) is 19.4 Å². The normalized spacial score (nSPS) is 21.6. The summed E-state index contributed by atoms with van der Waals surface area (Å²) in [4.78, 5) is 28.1. The molecule has 2 fully saturated rings. The SMILES string of the molecule is COc1ccc(C(O[C@H]2[C@@H](OC(C)=O)[C@@H]3CC(=O)C[C@H]2N3Cc2ccccc2)(c2ccccc2)c2ccc(OC)cc2)cc1. The zero-order valence-electron chi connectivity index (χ0n) is 25.2. The maximum absolute atomic E-state index is 13.2. The summed E-state index contributed by atoms with van der Waals surface area (Å²) in [7, 11) is 3.28. The van der Waals surface area contributed by atoms with Gasteiger partial charge in [-0.25, -0.2) is 0 Å². The second-order valence-corrected chi connectivity index (χ2v) is 11.4. The third kappa shape index (κ3) is 5.61. The topological polar surface area (TPSA) is 74.3 Å². The summed E-state index contributed by atoms with van der Waals surface area (Å²) in [5.41, 5.74) is 2.65. The van der Waals surface area contributed by atoms with Crippen LogP contribution >= 0.6 is 0 Å². The summed E-state index contributed by atoms with van der Waals surface area (Å²) in [5.74, 6) is 1.19. The molecule has 4 aromatic carbocycles. The highest BCUT2D eigenvalue weighted by molar-refractivity contribution is 5.81. The van der Waals surface area contributed by atoms with E-state index >= 15 is 0 Å². The molecule has 4 atom stereocenters. The number of carbonyl (C=O) groups excluding carboxylic acids is 2. The summed E-state index contributed by atoms with van der Waals surface area (Å²) in [6.45, 7) is 2.03. The zero-order chi connectivity index (χ0) is 30.7. The molecule has 2 heterocycles. The molecule has 2 aliphatic rings. The van der Waals surface area contributed by atoms with Crippen molar-refractivity contribution in [3.05, 3.63) is 131 Å². The van der Waals surface area contributed by atoms with E-state index in [4.69, 9.17) is 18.9 Å². The molecule has 44 heavy (non-hydrogen) atoms. The minimum absolute atomic E-state index is 0.145. The van der Waals surface area contributed by atoms with Gasteiger partial charge in [0.2, 0.25) is 0 Å². The predicted octanol–water partition coefficient (Wildman–Crippen LogP) is 5.93. The van der Waals surface area contributed by atoms with Crippen molar-refractivity contribution in [2.45, 2.75) is 56.2 Å². The summed E-state index contributed by atoms with van der Waals surface area (Å²) in [6, 6.07) is 35.3. The molecular weight excluding hydrogens is 554 g/mol. The number of benzene rings is 4. The lowest BCUT2D eigenvalue weighted by molar-refractivity contribution is -0.160. The molecule has 4 aromatic rings. The third-order valence-electron chi connectivity index (χ3n) is 8.80. The molecule has 7 nitrogen and oxygen atoms in total. The number of fused-ring (bicyclic) bond motifs is 2. The van der Waals surface area contributed by atoms with Gasteiger partial charge in [0.15, 0.2) is 0 Å². The van der Waals surface area contributed by atoms with Crippen molar-refractivity contribution in [1.82, 2.24) is 4.90 Å². The number of nitrogens with zero attached hydrogens (tertiary/aromatic N) is 1. The van der Waals surface area contributed by atoms with Crippen LogP contribution in [-0.2, 0) is 31.2 Å². The molecule has 6 rings (SSSR count). The summed E-state index contributed by atoms with van der Waals surface area (Å²) in [5, 5.41) is 0. The summed E-state index contributed by atoms with van der Waals surface area (Å²) in [6.07, 6.45) is -0.650. The van der Waals surface area contributed by atoms with E-state index in [1.807, 2.05) is 97.1 Å². The molecule has 2 bridgehead atoms. The first-order valence-corrected chi connectivity index (χ1v) is 14.9. The van der Waals surface area contributed by atoms with Crippen LogP contribution in [0, 0.1) is 0 Å². The number of methoxy groups -OCH3 is 2. The van der Waals surface area contributed by atoms with Crippen LogP contribution in [0.5, 0.6) is 11.5 Å². The Kier molecular flexibility index (Phi) is 8.51. The molecule has 0 N–H and O–H groups in total. The lowest BCUT2D eigenvalue weighted by atomic mass is 9.79. The summed E-state index contributed by atoms with van der Waals surface area (Å²) >= 11 is 0. The van der Waals surface area contributed by atoms with E-state index in [0.717, 1.165) is 33.8 Å². The Balaban J connectivity index is 1.53. The van der Waals surface area contributed by atoms with Crippen LogP contribution in [0.4, 0.5) is 0 Å². The van der Waals surface area contributed by atoms with Crippen LogP contribution in [0.2, 0.25) is 0 Å². The van der Waals surface area contributed by atoms with Gasteiger partial charge in [-0.05, 0) is 46.5 Å². The minimum atomic E-state index is -1.12. The largest absolute Gasteiger partial charge is 0.497 e. The third-order valence-corrected chi connectivity index (χ3v) is 8.80.